The fraction of sp³-hybridized carbons (Fsp3) is 1.00. The minimum Gasteiger partial charge on any atom is -0.382 e. The fourth-order valence-corrected chi connectivity index (χ4v) is 2.56. The highest BCUT2D eigenvalue weighted by Crippen LogP contribution is 2.01. The number of sulfonamides is 1. The summed E-state index contributed by atoms with van der Waals surface area (Å²) in [6.45, 7) is 6.96. The first-order chi connectivity index (χ1) is 8.27. The molecular weight excluding hydrogens is 256 g/mol. The van der Waals surface area contributed by atoms with Crippen molar-refractivity contribution in [3.05, 3.63) is 0 Å². The minimum atomic E-state index is -3.17. The number of hydrogen-bond acceptors (Lipinski definition) is 5. The van der Waals surface area contributed by atoms with E-state index in [1.54, 1.807) is 7.11 Å². The average Bonchev–Trinajstić information content (AvgIpc) is 2.18. The van der Waals surface area contributed by atoms with Crippen molar-refractivity contribution in [3.8, 4) is 0 Å². The molecule has 0 unspecified atom stereocenters. The molecule has 0 saturated heterocycles. The van der Waals surface area contributed by atoms with Crippen molar-refractivity contribution < 1.29 is 17.9 Å². The first kappa shape index (κ1) is 17.8. The van der Waals surface area contributed by atoms with E-state index in [4.69, 9.17) is 9.47 Å². The number of ether oxygens (including phenoxy) is 2. The maximum Gasteiger partial charge on any atom is 0.209 e. The molecule has 0 aliphatic heterocycles. The second-order valence-corrected chi connectivity index (χ2v) is 6.64. The molecule has 0 aromatic carbocycles. The van der Waals surface area contributed by atoms with Crippen molar-refractivity contribution in [1.82, 2.24) is 10.0 Å². The predicted molar refractivity (Wildman–Crippen MR) is 72.2 cm³/mol. The fourth-order valence-electron chi connectivity index (χ4n) is 1.48. The summed E-state index contributed by atoms with van der Waals surface area (Å²) in [5.41, 5.74) is -0.482. The van der Waals surface area contributed by atoms with E-state index < -0.39 is 15.6 Å². The van der Waals surface area contributed by atoms with E-state index in [1.165, 1.54) is 6.26 Å². The molecule has 0 heterocycles. The third-order valence-corrected chi connectivity index (χ3v) is 3.03. The van der Waals surface area contributed by atoms with Gasteiger partial charge in [0.05, 0.1) is 19.5 Å². The van der Waals surface area contributed by atoms with Crippen LogP contribution in [0.4, 0.5) is 0 Å². The van der Waals surface area contributed by atoms with Crippen LogP contribution in [0.25, 0.3) is 0 Å². The Bertz CT molecular complexity index is 304. The van der Waals surface area contributed by atoms with Crippen LogP contribution in [-0.2, 0) is 19.5 Å². The lowest BCUT2D eigenvalue weighted by Crippen LogP contribution is -2.50. The number of methoxy groups -OCH3 is 1. The molecule has 0 atom stereocenters. The van der Waals surface area contributed by atoms with Gasteiger partial charge in [-0.1, -0.05) is 0 Å². The topological polar surface area (TPSA) is 76.7 Å². The van der Waals surface area contributed by atoms with Crippen LogP contribution in [0.15, 0.2) is 0 Å². The lowest BCUT2D eigenvalue weighted by molar-refractivity contribution is 0.0694. The van der Waals surface area contributed by atoms with Crippen molar-refractivity contribution in [2.75, 3.05) is 46.3 Å². The summed E-state index contributed by atoms with van der Waals surface area (Å²) in [6, 6.07) is 0. The molecule has 6 nitrogen and oxygen atoms in total. The predicted octanol–water partition coefficient (Wildman–Crippen LogP) is -0.0431. The van der Waals surface area contributed by atoms with Crippen LogP contribution in [0.3, 0.4) is 0 Å². The zero-order valence-corrected chi connectivity index (χ0v) is 12.6. The highest BCUT2D eigenvalue weighted by molar-refractivity contribution is 7.88. The van der Waals surface area contributed by atoms with Gasteiger partial charge in [-0.3, -0.25) is 0 Å². The van der Waals surface area contributed by atoms with Gasteiger partial charge in [0.2, 0.25) is 10.0 Å². The van der Waals surface area contributed by atoms with E-state index in [1.807, 2.05) is 13.8 Å². The third kappa shape index (κ3) is 12.3. The molecule has 2 N–H and O–H groups in total. The zero-order valence-electron chi connectivity index (χ0n) is 11.8. The highest BCUT2D eigenvalue weighted by Gasteiger charge is 2.21. The molecule has 110 valence electrons. The minimum absolute atomic E-state index is 0.482. The Morgan fingerprint density at radius 1 is 1.17 bits per heavy atom. The summed E-state index contributed by atoms with van der Waals surface area (Å²) in [5.74, 6) is 0. The molecule has 18 heavy (non-hydrogen) atoms. The molecule has 7 heteroatoms. The van der Waals surface area contributed by atoms with Crippen LogP contribution in [0.1, 0.15) is 20.3 Å². The van der Waals surface area contributed by atoms with Crippen LogP contribution >= 0.6 is 0 Å². The number of nitrogens with one attached hydrogen (secondary N) is 2. The van der Waals surface area contributed by atoms with Gasteiger partial charge in [0.15, 0.2) is 0 Å². The maximum atomic E-state index is 11.1. The lowest BCUT2D eigenvalue weighted by atomic mass is 10.1. The summed E-state index contributed by atoms with van der Waals surface area (Å²) >= 11 is 0. The molecule has 0 radical (unpaired) electrons. The van der Waals surface area contributed by atoms with Crippen LogP contribution in [-0.4, -0.2) is 60.2 Å². The summed E-state index contributed by atoms with van der Waals surface area (Å²) in [6.07, 6.45) is 2.05. The van der Waals surface area contributed by atoms with Crippen LogP contribution in [0, 0.1) is 0 Å². The van der Waals surface area contributed by atoms with E-state index in [9.17, 15) is 8.42 Å². The quantitative estimate of drug-likeness (QED) is 0.520. The molecule has 0 aliphatic rings. The normalized spacial score (nSPS) is 12.9. The van der Waals surface area contributed by atoms with Crippen molar-refractivity contribution in [2.24, 2.45) is 0 Å². The monoisotopic (exact) mass is 282 g/mol. The van der Waals surface area contributed by atoms with Gasteiger partial charge in [0, 0.05) is 25.8 Å². The van der Waals surface area contributed by atoms with E-state index in [-0.39, 0.29) is 0 Å². The SMILES string of the molecule is COCCOCCCNCC(C)(C)NS(C)(=O)=O. The first-order valence-electron chi connectivity index (χ1n) is 6.03. The Labute approximate surface area is 110 Å². The van der Waals surface area contributed by atoms with E-state index in [0.29, 0.717) is 26.4 Å². The van der Waals surface area contributed by atoms with Crippen molar-refractivity contribution in [3.63, 3.8) is 0 Å². The van der Waals surface area contributed by atoms with Gasteiger partial charge in [-0.05, 0) is 26.8 Å². The largest absolute Gasteiger partial charge is 0.382 e. The van der Waals surface area contributed by atoms with Crippen LogP contribution in [0.2, 0.25) is 0 Å². The van der Waals surface area contributed by atoms with Crippen LogP contribution < -0.4 is 10.0 Å². The Kier molecular flexibility index (Phi) is 8.71. The van der Waals surface area contributed by atoms with Crippen LogP contribution in [0.5, 0.6) is 0 Å². The van der Waals surface area contributed by atoms with Gasteiger partial charge in [0.25, 0.3) is 0 Å². The summed E-state index contributed by atoms with van der Waals surface area (Å²) < 4.78 is 35.0. The molecular formula is C11H26N2O4S. The third-order valence-electron chi connectivity index (χ3n) is 2.10. The Hall–Kier alpha value is -0.210. The van der Waals surface area contributed by atoms with Gasteiger partial charge in [0.1, 0.15) is 0 Å². The van der Waals surface area contributed by atoms with Gasteiger partial charge in [-0.2, -0.15) is 0 Å². The van der Waals surface area contributed by atoms with Gasteiger partial charge in [-0.25, -0.2) is 13.1 Å². The molecule has 0 aromatic heterocycles. The number of rotatable bonds is 11. The first-order valence-corrected chi connectivity index (χ1v) is 7.92. The Morgan fingerprint density at radius 3 is 2.39 bits per heavy atom. The molecule has 0 spiro atoms. The van der Waals surface area contributed by atoms with Crippen molar-refractivity contribution in [1.29, 1.82) is 0 Å². The molecule has 0 aliphatic carbocycles. The van der Waals surface area contributed by atoms with Gasteiger partial charge in [-0.15, -0.1) is 0 Å². The molecule has 0 aromatic rings. The molecule has 0 rings (SSSR count). The van der Waals surface area contributed by atoms with Crippen molar-refractivity contribution in [2.45, 2.75) is 25.8 Å². The molecule has 0 amide bonds. The summed E-state index contributed by atoms with van der Waals surface area (Å²) in [4.78, 5) is 0. The summed E-state index contributed by atoms with van der Waals surface area (Å²) in [5, 5.41) is 3.20. The molecule has 0 saturated carbocycles. The average molecular weight is 282 g/mol. The molecule has 0 fully saturated rings. The summed E-state index contributed by atoms with van der Waals surface area (Å²) in [7, 11) is -1.53. The maximum absolute atomic E-state index is 11.1. The highest BCUT2D eigenvalue weighted by atomic mass is 32.2. The number of hydrogen-bond donors (Lipinski definition) is 2. The Morgan fingerprint density at radius 2 is 1.83 bits per heavy atom. The standard InChI is InChI=1S/C11H26N2O4S/c1-11(2,13-18(4,14)15)10-12-6-5-7-17-9-8-16-3/h12-13H,5-10H2,1-4H3. The Balaban J connectivity index is 3.53. The van der Waals surface area contributed by atoms with E-state index in [2.05, 4.69) is 10.0 Å². The van der Waals surface area contributed by atoms with Gasteiger partial charge >= 0.3 is 0 Å². The van der Waals surface area contributed by atoms with Crippen molar-refractivity contribution >= 4 is 10.0 Å². The smallest absolute Gasteiger partial charge is 0.209 e. The van der Waals surface area contributed by atoms with E-state index >= 15 is 0 Å². The second-order valence-electron chi connectivity index (χ2n) is 4.89. The van der Waals surface area contributed by atoms with E-state index in [0.717, 1.165) is 13.0 Å². The second kappa shape index (κ2) is 8.82. The zero-order chi connectivity index (χ0) is 14.1. The van der Waals surface area contributed by atoms with Gasteiger partial charge < -0.3 is 14.8 Å². The molecule has 0 bridgehead atoms. The lowest BCUT2D eigenvalue weighted by Gasteiger charge is -2.25.